The predicted molar refractivity (Wildman–Crippen MR) is 70.5 cm³/mol. The molecular formula is C10H11FIN3O3. The summed E-state index contributed by atoms with van der Waals surface area (Å²) < 4.78 is 15.5. The van der Waals surface area contributed by atoms with Gasteiger partial charge in [-0.3, -0.25) is 4.57 Å². The van der Waals surface area contributed by atoms with Crippen LogP contribution in [-0.2, 0) is 0 Å². The second kappa shape index (κ2) is 4.94. The van der Waals surface area contributed by atoms with E-state index in [0.717, 1.165) is 4.57 Å². The van der Waals surface area contributed by atoms with Crippen LogP contribution in [0.25, 0.3) is 0 Å². The second-order valence-electron chi connectivity index (χ2n) is 3.96. The largest absolute Gasteiger partial charge is 0.392 e. The number of hydrogen-bond acceptors (Lipinski definition) is 5. The first-order valence-corrected chi connectivity index (χ1v) is 6.25. The number of nitrogen functional groups attached to an aromatic ring is 1. The van der Waals surface area contributed by atoms with Crippen LogP contribution in [0.5, 0.6) is 0 Å². The van der Waals surface area contributed by atoms with Gasteiger partial charge in [-0.2, -0.15) is 4.98 Å². The first-order chi connectivity index (χ1) is 8.45. The Balaban J connectivity index is 2.49. The number of aliphatic hydroxyl groups excluding tert-OH is 2. The molecule has 2 unspecified atom stereocenters. The zero-order valence-electron chi connectivity index (χ0n) is 9.18. The summed E-state index contributed by atoms with van der Waals surface area (Å²) in [5, 5.41) is 18.5. The number of halogens is 2. The molecule has 2 rings (SSSR count). The number of rotatable bonds is 2. The minimum absolute atomic E-state index is 0.00329. The van der Waals surface area contributed by atoms with E-state index in [-0.39, 0.29) is 17.8 Å². The van der Waals surface area contributed by atoms with E-state index in [1.165, 1.54) is 6.20 Å². The van der Waals surface area contributed by atoms with Gasteiger partial charge in [0, 0.05) is 18.2 Å². The van der Waals surface area contributed by atoms with Crippen LogP contribution >= 0.6 is 22.6 Å². The van der Waals surface area contributed by atoms with Crippen molar-refractivity contribution in [3.05, 3.63) is 31.7 Å². The van der Waals surface area contributed by atoms with Crippen molar-refractivity contribution in [3.63, 3.8) is 0 Å². The molecule has 0 saturated carbocycles. The van der Waals surface area contributed by atoms with Gasteiger partial charge in [0.1, 0.15) is 11.6 Å². The third kappa shape index (κ3) is 2.15. The molecule has 1 aliphatic carbocycles. The van der Waals surface area contributed by atoms with E-state index in [9.17, 15) is 14.3 Å². The normalized spacial score (nSPS) is 23.8. The summed E-state index contributed by atoms with van der Waals surface area (Å²) in [5.41, 5.74) is 4.71. The summed E-state index contributed by atoms with van der Waals surface area (Å²) in [6.07, 6.45) is 0.313. The van der Waals surface area contributed by atoms with E-state index in [1.807, 2.05) is 22.6 Å². The Kier molecular flexibility index (Phi) is 3.69. The topological polar surface area (TPSA) is 101 Å². The number of aromatic nitrogens is 2. The van der Waals surface area contributed by atoms with Crippen molar-refractivity contribution in [2.75, 3.05) is 12.3 Å². The quantitative estimate of drug-likeness (QED) is 0.637. The zero-order chi connectivity index (χ0) is 13.4. The van der Waals surface area contributed by atoms with Crippen LogP contribution in [-0.4, -0.2) is 32.5 Å². The number of allylic oxidation sites excluding steroid dienone is 1. The molecule has 0 saturated heterocycles. The lowest BCUT2D eigenvalue weighted by Crippen LogP contribution is -2.28. The molecule has 0 aliphatic heterocycles. The van der Waals surface area contributed by atoms with Crippen molar-refractivity contribution < 1.29 is 14.6 Å². The zero-order valence-corrected chi connectivity index (χ0v) is 11.3. The molecule has 2 atom stereocenters. The standard InChI is InChI=1S/C10H11FIN3O3/c11-8-4(3-16)7(17)1-6(8)15-2-5(12)9(13)14-10(15)18/h2,6-7,16-17H,1,3H2,(H2,13,14,18). The van der Waals surface area contributed by atoms with Crippen LogP contribution in [0.4, 0.5) is 10.2 Å². The Morgan fingerprint density at radius 3 is 2.89 bits per heavy atom. The highest BCUT2D eigenvalue weighted by Crippen LogP contribution is 2.36. The van der Waals surface area contributed by atoms with E-state index in [0.29, 0.717) is 3.57 Å². The Morgan fingerprint density at radius 1 is 1.67 bits per heavy atom. The van der Waals surface area contributed by atoms with Gasteiger partial charge in [0.05, 0.1) is 22.3 Å². The molecule has 0 spiro atoms. The predicted octanol–water partition coefficient (Wildman–Crippen LogP) is -0.0483. The maximum absolute atomic E-state index is 13.9. The number of anilines is 1. The third-order valence-electron chi connectivity index (χ3n) is 2.89. The number of nitrogens with two attached hydrogens (primary N) is 1. The van der Waals surface area contributed by atoms with Crippen molar-refractivity contribution in [2.45, 2.75) is 18.6 Å². The number of hydrogen-bond donors (Lipinski definition) is 3. The Labute approximate surface area is 115 Å². The number of aliphatic hydroxyl groups is 2. The summed E-state index contributed by atoms with van der Waals surface area (Å²) in [4.78, 5) is 15.2. The third-order valence-corrected chi connectivity index (χ3v) is 3.72. The molecule has 8 heteroatoms. The van der Waals surface area contributed by atoms with E-state index in [4.69, 9.17) is 10.8 Å². The summed E-state index contributed by atoms with van der Waals surface area (Å²) in [5.74, 6) is -0.600. The molecule has 0 amide bonds. The fourth-order valence-corrected chi connectivity index (χ4v) is 2.35. The lowest BCUT2D eigenvalue weighted by atomic mass is 10.2. The molecule has 1 aromatic rings. The molecule has 98 valence electrons. The lowest BCUT2D eigenvalue weighted by molar-refractivity contribution is 0.181. The molecule has 1 heterocycles. The molecule has 4 N–H and O–H groups in total. The van der Waals surface area contributed by atoms with Gasteiger partial charge >= 0.3 is 5.69 Å². The maximum atomic E-state index is 13.9. The van der Waals surface area contributed by atoms with Gasteiger partial charge in [0.2, 0.25) is 0 Å². The molecular weight excluding hydrogens is 356 g/mol. The molecule has 0 aromatic carbocycles. The van der Waals surface area contributed by atoms with Crippen LogP contribution in [0.1, 0.15) is 12.5 Å². The second-order valence-corrected chi connectivity index (χ2v) is 5.12. The minimum atomic E-state index is -1.08. The first kappa shape index (κ1) is 13.4. The van der Waals surface area contributed by atoms with Crippen LogP contribution in [0, 0.1) is 3.57 Å². The van der Waals surface area contributed by atoms with Crippen molar-refractivity contribution in [2.24, 2.45) is 0 Å². The summed E-state index contributed by atoms with van der Waals surface area (Å²) in [6.45, 7) is -0.572. The van der Waals surface area contributed by atoms with Gasteiger partial charge in [0.15, 0.2) is 0 Å². The molecule has 1 aromatic heterocycles. The monoisotopic (exact) mass is 367 g/mol. The van der Waals surface area contributed by atoms with E-state index in [1.54, 1.807) is 0 Å². The smallest absolute Gasteiger partial charge is 0.350 e. The minimum Gasteiger partial charge on any atom is -0.392 e. The summed E-state index contributed by atoms with van der Waals surface area (Å²) >= 11 is 1.88. The van der Waals surface area contributed by atoms with Crippen molar-refractivity contribution >= 4 is 28.4 Å². The Hall–Kier alpha value is -1.00. The fraction of sp³-hybridized carbons (Fsp3) is 0.400. The Bertz CT molecular complexity index is 572. The molecule has 0 fully saturated rings. The SMILES string of the molecule is Nc1nc(=O)n(C2CC(O)C(CO)=C2F)cc1I. The highest BCUT2D eigenvalue weighted by atomic mass is 127. The average Bonchev–Trinajstić information content (AvgIpc) is 2.59. The molecule has 6 nitrogen and oxygen atoms in total. The lowest BCUT2D eigenvalue weighted by Gasteiger charge is -2.14. The van der Waals surface area contributed by atoms with Crippen LogP contribution in [0.2, 0.25) is 0 Å². The van der Waals surface area contributed by atoms with Gasteiger partial charge in [-0.15, -0.1) is 0 Å². The molecule has 0 radical (unpaired) electrons. The average molecular weight is 367 g/mol. The first-order valence-electron chi connectivity index (χ1n) is 5.17. The van der Waals surface area contributed by atoms with Gasteiger partial charge in [0.25, 0.3) is 0 Å². The van der Waals surface area contributed by atoms with Crippen molar-refractivity contribution in [3.8, 4) is 0 Å². The van der Waals surface area contributed by atoms with Gasteiger partial charge < -0.3 is 15.9 Å². The van der Waals surface area contributed by atoms with E-state index in [2.05, 4.69) is 4.98 Å². The van der Waals surface area contributed by atoms with Crippen LogP contribution < -0.4 is 11.4 Å². The van der Waals surface area contributed by atoms with Crippen LogP contribution in [0.3, 0.4) is 0 Å². The Morgan fingerprint density at radius 2 is 2.33 bits per heavy atom. The van der Waals surface area contributed by atoms with Gasteiger partial charge in [-0.1, -0.05) is 0 Å². The highest BCUT2D eigenvalue weighted by Gasteiger charge is 2.34. The molecule has 18 heavy (non-hydrogen) atoms. The summed E-state index contributed by atoms with van der Waals surface area (Å²) in [7, 11) is 0. The van der Waals surface area contributed by atoms with Gasteiger partial charge in [-0.05, 0) is 22.6 Å². The number of nitrogens with zero attached hydrogens (tertiary/aromatic N) is 2. The van der Waals surface area contributed by atoms with Crippen molar-refractivity contribution in [1.82, 2.24) is 9.55 Å². The summed E-state index contributed by atoms with van der Waals surface area (Å²) in [6, 6.07) is -0.934. The van der Waals surface area contributed by atoms with E-state index >= 15 is 0 Å². The maximum Gasteiger partial charge on any atom is 0.350 e. The molecule has 1 aliphatic rings. The van der Waals surface area contributed by atoms with Crippen molar-refractivity contribution in [1.29, 1.82) is 0 Å². The van der Waals surface area contributed by atoms with Gasteiger partial charge in [-0.25, -0.2) is 9.18 Å². The van der Waals surface area contributed by atoms with E-state index < -0.39 is 30.3 Å². The fourth-order valence-electron chi connectivity index (χ4n) is 1.93. The molecule has 0 bridgehead atoms. The highest BCUT2D eigenvalue weighted by molar-refractivity contribution is 14.1. The van der Waals surface area contributed by atoms with Crippen LogP contribution in [0.15, 0.2) is 22.4 Å².